The Bertz CT molecular complexity index is 1120. The van der Waals surface area contributed by atoms with Crippen molar-refractivity contribution >= 4 is 23.1 Å². The minimum atomic E-state index is -0.257. The fourth-order valence-electron chi connectivity index (χ4n) is 3.69. The Labute approximate surface area is 188 Å². The first-order valence-corrected chi connectivity index (χ1v) is 12.2. The smallest absolute Gasteiger partial charge is 0.236 e. The monoisotopic (exact) mass is 455 g/mol. The molecule has 5 rings (SSSR count). The lowest BCUT2D eigenvalue weighted by molar-refractivity contribution is 0.214. The molecule has 0 unspecified atom stereocenters. The van der Waals surface area contributed by atoms with Crippen molar-refractivity contribution in [1.29, 1.82) is 0 Å². The summed E-state index contributed by atoms with van der Waals surface area (Å²) in [6.07, 6.45) is 5.40. The first kappa shape index (κ1) is 20.4. The lowest BCUT2D eigenvalue weighted by Crippen LogP contribution is -2.30. The minimum Gasteiger partial charge on any atom is -0.444 e. The molecular weight excluding hydrogens is 433 g/mol. The Morgan fingerprint density at radius 1 is 1.06 bits per heavy atom. The van der Waals surface area contributed by atoms with Crippen molar-refractivity contribution in [1.82, 2.24) is 24.6 Å². The summed E-state index contributed by atoms with van der Waals surface area (Å²) in [7, 11) is 0. The second-order valence-corrected chi connectivity index (χ2v) is 9.35. The molecule has 0 aliphatic carbocycles. The van der Waals surface area contributed by atoms with E-state index in [4.69, 9.17) is 4.42 Å². The van der Waals surface area contributed by atoms with Crippen LogP contribution in [0.4, 0.5) is 4.39 Å². The molecule has 0 N–H and O–H groups in total. The Hall–Kier alpha value is -2.49. The second-order valence-electron chi connectivity index (χ2n) is 7.46. The summed E-state index contributed by atoms with van der Waals surface area (Å²) in [6, 6.07) is 10.5. The van der Waals surface area contributed by atoms with Crippen LogP contribution in [0.25, 0.3) is 16.5 Å². The highest BCUT2D eigenvalue weighted by Gasteiger charge is 2.19. The van der Waals surface area contributed by atoms with Crippen molar-refractivity contribution in [3.05, 3.63) is 65.4 Å². The summed E-state index contributed by atoms with van der Waals surface area (Å²) in [6.45, 7) is 2.88. The molecular formula is C22H22FN5OS2. The number of hydrogen-bond donors (Lipinski definition) is 0. The fraction of sp³-hybridized carbons (Fsp3) is 0.318. The SMILES string of the molecule is Fc1ccc(-n2c(CN3CCCCC3)nnc2SCc2coc(-c3cccs3)n2)cc1. The van der Waals surface area contributed by atoms with Gasteiger partial charge in [-0.1, -0.05) is 24.2 Å². The minimum absolute atomic E-state index is 0.257. The average Bonchev–Trinajstić information content (AvgIpc) is 3.55. The highest BCUT2D eigenvalue weighted by molar-refractivity contribution is 7.98. The van der Waals surface area contributed by atoms with Gasteiger partial charge < -0.3 is 4.42 Å². The molecule has 1 aromatic carbocycles. The summed E-state index contributed by atoms with van der Waals surface area (Å²) in [4.78, 5) is 8.01. The third-order valence-electron chi connectivity index (χ3n) is 5.23. The number of thiophene rings is 1. The lowest BCUT2D eigenvalue weighted by atomic mass is 10.1. The van der Waals surface area contributed by atoms with E-state index < -0.39 is 0 Å². The van der Waals surface area contributed by atoms with Crippen LogP contribution in [0.1, 0.15) is 30.8 Å². The molecule has 6 nitrogen and oxygen atoms in total. The molecule has 0 radical (unpaired) electrons. The van der Waals surface area contributed by atoms with E-state index in [-0.39, 0.29) is 5.82 Å². The van der Waals surface area contributed by atoms with Gasteiger partial charge in [0.25, 0.3) is 0 Å². The number of thioether (sulfide) groups is 1. The van der Waals surface area contributed by atoms with Crippen LogP contribution in [-0.2, 0) is 12.3 Å². The highest BCUT2D eigenvalue weighted by Crippen LogP contribution is 2.29. The van der Waals surface area contributed by atoms with Crippen LogP contribution in [0.3, 0.4) is 0 Å². The largest absolute Gasteiger partial charge is 0.444 e. The number of oxazole rings is 1. The molecule has 31 heavy (non-hydrogen) atoms. The second kappa shape index (κ2) is 9.33. The molecule has 160 valence electrons. The van der Waals surface area contributed by atoms with E-state index >= 15 is 0 Å². The van der Waals surface area contributed by atoms with E-state index in [2.05, 4.69) is 20.1 Å². The number of rotatable bonds is 7. The quantitative estimate of drug-likeness (QED) is 0.348. The van der Waals surface area contributed by atoms with Gasteiger partial charge in [-0.3, -0.25) is 9.47 Å². The topological polar surface area (TPSA) is 60.0 Å². The summed E-state index contributed by atoms with van der Waals surface area (Å²) >= 11 is 3.15. The number of nitrogens with zero attached hydrogens (tertiary/aromatic N) is 5. The Morgan fingerprint density at radius 2 is 1.90 bits per heavy atom. The van der Waals surface area contributed by atoms with Crippen LogP contribution in [-0.4, -0.2) is 37.7 Å². The molecule has 1 aliphatic rings. The molecule has 9 heteroatoms. The molecule has 0 amide bonds. The molecule has 4 heterocycles. The normalized spacial score (nSPS) is 14.9. The standard InChI is InChI=1S/C22H22FN5OS2/c23-16-6-8-18(9-7-16)28-20(13-27-10-2-1-3-11-27)25-26-22(28)31-15-17-14-29-21(24-17)19-5-4-12-30-19/h4-9,12,14H,1-3,10-11,13,15H2. The van der Waals surface area contributed by atoms with Crippen molar-refractivity contribution in [2.24, 2.45) is 0 Å². The van der Waals surface area contributed by atoms with Crippen LogP contribution in [0, 0.1) is 5.82 Å². The predicted molar refractivity (Wildman–Crippen MR) is 120 cm³/mol. The molecule has 0 bridgehead atoms. The molecule has 4 aromatic rings. The fourth-order valence-corrected chi connectivity index (χ4v) is 5.19. The van der Waals surface area contributed by atoms with E-state index in [1.165, 1.54) is 31.4 Å². The number of halogens is 1. The molecule has 3 aromatic heterocycles. The molecule has 1 aliphatic heterocycles. The van der Waals surface area contributed by atoms with Gasteiger partial charge >= 0.3 is 0 Å². The van der Waals surface area contributed by atoms with Gasteiger partial charge in [-0.2, -0.15) is 0 Å². The molecule has 1 saturated heterocycles. The first-order valence-electron chi connectivity index (χ1n) is 10.3. The van der Waals surface area contributed by atoms with Gasteiger partial charge in [-0.25, -0.2) is 9.37 Å². The summed E-state index contributed by atoms with van der Waals surface area (Å²) in [5, 5.41) is 11.7. The maximum atomic E-state index is 13.5. The first-order chi connectivity index (χ1) is 15.3. The van der Waals surface area contributed by atoms with Gasteiger partial charge in [0.05, 0.1) is 17.1 Å². The summed E-state index contributed by atoms with van der Waals surface area (Å²) in [5.41, 5.74) is 1.71. The van der Waals surface area contributed by atoms with E-state index in [1.54, 1.807) is 41.5 Å². The third-order valence-corrected chi connectivity index (χ3v) is 7.05. The van der Waals surface area contributed by atoms with E-state index in [9.17, 15) is 4.39 Å². The number of piperidine rings is 1. The van der Waals surface area contributed by atoms with Crippen molar-refractivity contribution in [2.75, 3.05) is 13.1 Å². The van der Waals surface area contributed by atoms with Gasteiger partial charge in [-0.05, 0) is 61.6 Å². The highest BCUT2D eigenvalue weighted by atomic mass is 32.2. The third kappa shape index (κ3) is 4.73. The van der Waals surface area contributed by atoms with Gasteiger partial charge in [0.1, 0.15) is 12.1 Å². The Kier molecular flexibility index (Phi) is 6.15. The van der Waals surface area contributed by atoms with E-state index in [0.717, 1.165) is 46.9 Å². The van der Waals surface area contributed by atoms with E-state index in [0.29, 0.717) is 11.6 Å². The molecule has 0 atom stereocenters. The predicted octanol–water partition coefficient (Wildman–Crippen LogP) is 5.40. The van der Waals surface area contributed by atoms with Gasteiger partial charge in [0, 0.05) is 11.4 Å². The zero-order valence-corrected chi connectivity index (χ0v) is 18.5. The van der Waals surface area contributed by atoms with Gasteiger partial charge in [0.2, 0.25) is 5.89 Å². The van der Waals surface area contributed by atoms with Crippen molar-refractivity contribution in [3.63, 3.8) is 0 Å². The van der Waals surface area contributed by atoms with Crippen LogP contribution in [0.15, 0.2) is 57.6 Å². The van der Waals surface area contributed by atoms with Crippen LogP contribution < -0.4 is 0 Å². The number of likely N-dealkylation sites (tertiary alicyclic amines) is 1. The lowest BCUT2D eigenvalue weighted by Gasteiger charge is -2.26. The van der Waals surface area contributed by atoms with Crippen LogP contribution >= 0.6 is 23.1 Å². The number of aromatic nitrogens is 4. The van der Waals surface area contributed by atoms with Gasteiger partial charge in [0.15, 0.2) is 11.0 Å². The Morgan fingerprint density at radius 3 is 2.68 bits per heavy atom. The molecule has 0 saturated carbocycles. The van der Waals surface area contributed by atoms with Crippen LogP contribution in [0.5, 0.6) is 0 Å². The number of hydrogen-bond acceptors (Lipinski definition) is 7. The summed E-state index contributed by atoms with van der Waals surface area (Å²) < 4.78 is 21.2. The van der Waals surface area contributed by atoms with E-state index in [1.807, 2.05) is 22.1 Å². The van der Waals surface area contributed by atoms with Crippen LogP contribution in [0.2, 0.25) is 0 Å². The van der Waals surface area contributed by atoms with Crippen molar-refractivity contribution < 1.29 is 8.81 Å². The zero-order chi connectivity index (χ0) is 21.0. The zero-order valence-electron chi connectivity index (χ0n) is 16.9. The molecule has 0 spiro atoms. The van der Waals surface area contributed by atoms with Gasteiger partial charge in [-0.15, -0.1) is 21.5 Å². The maximum Gasteiger partial charge on any atom is 0.236 e. The summed E-state index contributed by atoms with van der Waals surface area (Å²) in [5.74, 6) is 1.86. The average molecular weight is 456 g/mol. The number of benzene rings is 1. The Balaban J connectivity index is 1.37. The maximum absolute atomic E-state index is 13.5. The van der Waals surface area contributed by atoms with Crippen molar-refractivity contribution in [2.45, 2.75) is 36.7 Å². The van der Waals surface area contributed by atoms with Crippen molar-refractivity contribution in [3.8, 4) is 16.5 Å². The molecule has 1 fully saturated rings.